The lowest BCUT2D eigenvalue weighted by Gasteiger charge is -2.03. The van der Waals surface area contributed by atoms with Crippen molar-refractivity contribution < 1.29 is 23.5 Å². The third kappa shape index (κ3) is 3.51. The van der Waals surface area contributed by atoms with E-state index in [0.29, 0.717) is 0 Å². The topological polar surface area (TPSA) is 112 Å². The molecule has 0 unspecified atom stereocenters. The van der Waals surface area contributed by atoms with Crippen LogP contribution in [0.15, 0.2) is 4.42 Å². The number of primary amides is 1. The Morgan fingerprint density at radius 2 is 2.00 bits per heavy atom. The first-order valence-corrected chi connectivity index (χ1v) is 6.41. The van der Waals surface area contributed by atoms with E-state index >= 15 is 0 Å². The van der Waals surface area contributed by atoms with Gasteiger partial charge in [-0.2, -0.15) is 0 Å². The number of aryl methyl sites for hydroxylation is 1. The molecule has 1 heterocycles. The Morgan fingerprint density at radius 3 is 2.50 bits per heavy atom. The lowest BCUT2D eigenvalue weighted by atomic mass is 10.1. The van der Waals surface area contributed by atoms with Crippen molar-refractivity contribution in [1.29, 1.82) is 0 Å². The van der Waals surface area contributed by atoms with Crippen LogP contribution in [0.4, 0.5) is 5.88 Å². The van der Waals surface area contributed by atoms with Crippen LogP contribution in [-0.4, -0.2) is 30.3 Å². The van der Waals surface area contributed by atoms with E-state index in [-0.39, 0.29) is 41.7 Å². The van der Waals surface area contributed by atoms with Gasteiger partial charge in [-0.25, -0.2) is 4.79 Å². The average Bonchev–Trinajstić information content (AvgIpc) is 2.66. The van der Waals surface area contributed by atoms with Gasteiger partial charge in [-0.1, -0.05) is 0 Å². The molecule has 0 aromatic carbocycles. The Labute approximate surface area is 120 Å². The van der Waals surface area contributed by atoms with Crippen molar-refractivity contribution in [3.8, 4) is 0 Å². The number of hydrogen-bond donors (Lipinski definition) is 2. The maximum atomic E-state index is 11.8. The van der Waals surface area contributed by atoms with Crippen LogP contribution in [-0.2, 0) is 9.53 Å². The fourth-order valence-corrected chi connectivity index (χ4v) is 1.76. The van der Waals surface area contributed by atoms with Crippen molar-refractivity contribution in [2.75, 3.05) is 17.8 Å². The molecule has 0 atom stereocenters. The van der Waals surface area contributed by atoms with Gasteiger partial charge in [0.2, 0.25) is 11.8 Å². The summed E-state index contributed by atoms with van der Waals surface area (Å²) >= 11 is 5.44. The van der Waals surface area contributed by atoms with Gasteiger partial charge in [0, 0.05) is 12.3 Å². The van der Waals surface area contributed by atoms with Crippen LogP contribution in [0.1, 0.15) is 39.8 Å². The molecule has 8 heteroatoms. The van der Waals surface area contributed by atoms with Crippen LogP contribution < -0.4 is 11.1 Å². The van der Waals surface area contributed by atoms with Crippen LogP contribution in [0.2, 0.25) is 0 Å². The summed E-state index contributed by atoms with van der Waals surface area (Å²) in [6.07, 6.45) is 0.0360. The second-order valence-corrected chi connectivity index (χ2v) is 4.19. The average molecular weight is 303 g/mol. The molecule has 0 spiro atoms. The highest BCUT2D eigenvalue weighted by molar-refractivity contribution is 6.19. The molecule has 110 valence electrons. The number of amides is 2. The van der Waals surface area contributed by atoms with Gasteiger partial charge in [-0.15, -0.1) is 11.6 Å². The molecule has 3 N–H and O–H groups in total. The smallest absolute Gasteiger partial charge is 0.342 e. The summed E-state index contributed by atoms with van der Waals surface area (Å²) in [6.45, 7) is 3.23. The summed E-state index contributed by atoms with van der Waals surface area (Å²) in [4.78, 5) is 34.8. The molecule has 1 aromatic rings. The molecule has 1 rings (SSSR count). The first-order chi connectivity index (χ1) is 9.42. The van der Waals surface area contributed by atoms with E-state index < -0.39 is 17.8 Å². The van der Waals surface area contributed by atoms with E-state index in [1.165, 1.54) is 6.92 Å². The third-order valence-corrected chi connectivity index (χ3v) is 2.57. The number of hydrogen-bond acceptors (Lipinski definition) is 5. The van der Waals surface area contributed by atoms with Gasteiger partial charge in [-0.05, 0) is 13.8 Å². The van der Waals surface area contributed by atoms with Crippen molar-refractivity contribution in [2.24, 2.45) is 5.73 Å². The molecule has 20 heavy (non-hydrogen) atoms. The summed E-state index contributed by atoms with van der Waals surface area (Å²) in [6, 6.07) is 0. The number of esters is 1. The lowest BCUT2D eigenvalue weighted by Crippen LogP contribution is -2.20. The zero-order chi connectivity index (χ0) is 15.3. The minimum atomic E-state index is -0.897. The Hall–Kier alpha value is -2.02. The number of carbonyl (C=O) groups excluding carboxylic acids is 3. The summed E-state index contributed by atoms with van der Waals surface area (Å²) in [5.74, 6) is -2.01. The second-order valence-electron chi connectivity index (χ2n) is 3.81. The summed E-state index contributed by atoms with van der Waals surface area (Å²) in [5, 5.41) is 2.35. The maximum absolute atomic E-state index is 11.8. The zero-order valence-corrected chi connectivity index (χ0v) is 11.9. The van der Waals surface area contributed by atoms with E-state index in [4.69, 9.17) is 26.5 Å². The van der Waals surface area contributed by atoms with E-state index in [1.54, 1.807) is 6.92 Å². The number of furan rings is 1. The minimum absolute atomic E-state index is 0.0360. The fourth-order valence-electron chi connectivity index (χ4n) is 1.59. The lowest BCUT2D eigenvalue weighted by molar-refractivity contribution is -0.115. The standard InChI is InChI=1S/C12H15ClN2O5/c1-3-19-12(18)8-6(2)20-11(9(8)10(14)17)15-7(16)4-5-13/h3-5H2,1-2H3,(H2,14,17)(H,15,16). The van der Waals surface area contributed by atoms with Crippen molar-refractivity contribution >= 4 is 35.3 Å². The van der Waals surface area contributed by atoms with Gasteiger partial charge in [0.1, 0.15) is 16.9 Å². The first kappa shape index (κ1) is 16.0. The molecule has 0 radical (unpaired) electrons. The number of anilines is 1. The SMILES string of the molecule is CCOC(=O)c1c(C)oc(NC(=O)CCCl)c1C(N)=O. The highest BCUT2D eigenvalue weighted by atomic mass is 35.5. The van der Waals surface area contributed by atoms with Gasteiger partial charge in [0.15, 0.2) is 0 Å². The normalized spacial score (nSPS) is 10.2. The van der Waals surface area contributed by atoms with Gasteiger partial charge in [0.05, 0.1) is 6.61 Å². The second kappa shape index (κ2) is 6.95. The predicted molar refractivity (Wildman–Crippen MR) is 71.9 cm³/mol. The van der Waals surface area contributed by atoms with Crippen LogP contribution in [0.3, 0.4) is 0 Å². The minimum Gasteiger partial charge on any atom is -0.462 e. The molecule has 0 aliphatic carbocycles. The molecule has 0 bridgehead atoms. The highest BCUT2D eigenvalue weighted by Crippen LogP contribution is 2.27. The predicted octanol–water partition coefficient (Wildman–Crippen LogP) is 1.43. The first-order valence-electron chi connectivity index (χ1n) is 5.88. The molecule has 0 saturated heterocycles. The Kier molecular flexibility index (Phi) is 5.57. The number of ether oxygens (including phenoxy) is 1. The number of nitrogens with one attached hydrogen (secondary N) is 1. The Morgan fingerprint density at radius 1 is 1.35 bits per heavy atom. The molecule has 7 nitrogen and oxygen atoms in total. The Bertz CT molecular complexity index is 538. The van der Waals surface area contributed by atoms with Gasteiger partial charge in [-0.3, -0.25) is 14.9 Å². The zero-order valence-electron chi connectivity index (χ0n) is 11.1. The molecular weight excluding hydrogens is 288 g/mol. The van der Waals surface area contributed by atoms with Crippen molar-refractivity contribution in [3.05, 3.63) is 16.9 Å². The fraction of sp³-hybridized carbons (Fsp3) is 0.417. The number of halogens is 1. The number of rotatable bonds is 6. The van der Waals surface area contributed by atoms with Crippen molar-refractivity contribution in [3.63, 3.8) is 0 Å². The molecule has 2 amide bonds. The third-order valence-electron chi connectivity index (χ3n) is 2.38. The van der Waals surface area contributed by atoms with E-state index in [2.05, 4.69) is 5.32 Å². The number of carbonyl (C=O) groups is 3. The molecule has 1 aromatic heterocycles. The van der Waals surface area contributed by atoms with Gasteiger partial charge < -0.3 is 14.9 Å². The molecule has 0 fully saturated rings. The van der Waals surface area contributed by atoms with Crippen molar-refractivity contribution in [1.82, 2.24) is 0 Å². The van der Waals surface area contributed by atoms with Gasteiger partial charge in [0.25, 0.3) is 5.91 Å². The van der Waals surface area contributed by atoms with E-state index in [0.717, 1.165) is 0 Å². The van der Waals surface area contributed by atoms with E-state index in [9.17, 15) is 14.4 Å². The van der Waals surface area contributed by atoms with Crippen LogP contribution in [0, 0.1) is 6.92 Å². The quantitative estimate of drug-likeness (QED) is 0.610. The Balaban J connectivity index is 3.20. The monoisotopic (exact) mass is 302 g/mol. The summed E-state index contributed by atoms with van der Waals surface area (Å²) < 4.78 is 10.0. The van der Waals surface area contributed by atoms with Gasteiger partial charge >= 0.3 is 5.97 Å². The largest absolute Gasteiger partial charge is 0.462 e. The number of alkyl halides is 1. The van der Waals surface area contributed by atoms with Crippen molar-refractivity contribution in [2.45, 2.75) is 20.3 Å². The summed E-state index contributed by atoms with van der Waals surface area (Å²) in [7, 11) is 0. The van der Waals surface area contributed by atoms with Crippen LogP contribution in [0.25, 0.3) is 0 Å². The molecule has 0 aliphatic heterocycles. The number of nitrogens with two attached hydrogens (primary N) is 1. The summed E-state index contributed by atoms with van der Waals surface area (Å²) in [5.41, 5.74) is 4.94. The maximum Gasteiger partial charge on any atom is 0.342 e. The molecular formula is C12H15ClN2O5. The molecule has 0 aliphatic rings. The van der Waals surface area contributed by atoms with Crippen LogP contribution >= 0.6 is 11.6 Å². The highest BCUT2D eigenvalue weighted by Gasteiger charge is 2.28. The van der Waals surface area contributed by atoms with Crippen LogP contribution in [0.5, 0.6) is 0 Å². The van der Waals surface area contributed by atoms with E-state index in [1.807, 2.05) is 0 Å². The molecule has 0 saturated carbocycles.